The molecule has 0 saturated carbocycles. The second-order valence-electron chi connectivity index (χ2n) is 11.8. The van der Waals surface area contributed by atoms with Crippen LogP contribution < -0.4 is 21.8 Å². The van der Waals surface area contributed by atoms with E-state index in [2.05, 4.69) is 0 Å². The molecule has 0 bridgehead atoms. The van der Waals surface area contributed by atoms with Gasteiger partial charge in [0.15, 0.2) is 5.60 Å². The molecule has 2 atom stereocenters. The monoisotopic (exact) mass is 639 g/mol. The average molecular weight is 640 g/mol. The Bertz CT molecular complexity index is 1960. The lowest BCUT2D eigenvalue weighted by molar-refractivity contribution is -0.172. The Labute approximate surface area is 270 Å². The Kier molecular flexibility index (Phi) is 8.66. The molecule has 0 fully saturated rings. The van der Waals surface area contributed by atoms with Gasteiger partial charge < -0.3 is 30.6 Å². The van der Waals surface area contributed by atoms with Gasteiger partial charge in [0.25, 0.3) is 5.56 Å². The molecule has 47 heavy (non-hydrogen) atoms. The number of carbonyl (C=O) groups is 3. The van der Waals surface area contributed by atoms with Crippen LogP contribution in [0.25, 0.3) is 22.3 Å². The number of aliphatic hydroxyl groups is 1. The van der Waals surface area contributed by atoms with Gasteiger partial charge in [-0.1, -0.05) is 44.2 Å². The van der Waals surface area contributed by atoms with Crippen LogP contribution in [0.4, 0.5) is 0 Å². The zero-order chi connectivity index (χ0) is 33.5. The number of carbonyl (C=O) groups excluding carboxylic acids is 3. The predicted molar refractivity (Wildman–Crippen MR) is 173 cm³/mol. The summed E-state index contributed by atoms with van der Waals surface area (Å²) in [4.78, 5) is 57.8. The highest BCUT2D eigenvalue weighted by Crippen LogP contribution is 2.40. The van der Waals surface area contributed by atoms with Crippen LogP contribution in [0.15, 0.2) is 59.4 Å². The summed E-state index contributed by atoms with van der Waals surface area (Å²) in [5.74, 6) is -1.32. The molecule has 0 saturated heterocycles. The standard InChI is InChI=1S/C35H37N5O7/c1-3-22-23-15-21(46-13-12-39(30(41)17-36)33(43)27(37)14-20-8-6-5-7-9-20)10-11-28(23)38-31-24(22)18-40-29(31)16-26-25(32(40)42)19-47-34(44)35(26,45)4-2/h5-11,15-16,27,45H,3-4,12-14,17-19,36-37H2,1-2H3/t27-,35-/m0/s1. The van der Waals surface area contributed by atoms with Crippen molar-refractivity contribution < 1.29 is 29.0 Å². The van der Waals surface area contributed by atoms with Gasteiger partial charge in [0.1, 0.15) is 19.0 Å². The van der Waals surface area contributed by atoms with Crippen LogP contribution in [0, 0.1) is 0 Å². The Hall–Kier alpha value is -4.91. The lowest BCUT2D eigenvalue weighted by Gasteiger charge is -2.31. The lowest BCUT2D eigenvalue weighted by atomic mass is 9.86. The largest absolute Gasteiger partial charge is 0.492 e. The predicted octanol–water partition coefficient (Wildman–Crippen LogP) is 1.90. The van der Waals surface area contributed by atoms with Gasteiger partial charge in [0.05, 0.1) is 48.1 Å². The SMILES string of the molecule is CCc1c2c(nc3ccc(OCCN(C(=O)CN)C(=O)[C@@H](N)Cc4ccccc4)cc13)-c1cc3c(c(=O)n1C2)COC(=O)[C@]3(O)CC. The summed E-state index contributed by atoms with van der Waals surface area (Å²) in [5, 5.41) is 12.0. The molecular formula is C35H37N5O7. The molecule has 244 valence electrons. The number of hydrogen-bond acceptors (Lipinski definition) is 10. The number of esters is 1. The van der Waals surface area contributed by atoms with Gasteiger partial charge in [-0.25, -0.2) is 9.78 Å². The van der Waals surface area contributed by atoms with E-state index in [-0.39, 0.29) is 62.4 Å². The van der Waals surface area contributed by atoms with Gasteiger partial charge in [-0.2, -0.15) is 0 Å². The number of amides is 2. The molecular weight excluding hydrogens is 602 g/mol. The summed E-state index contributed by atoms with van der Waals surface area (Å²) in [6.45, 7) is 3.43. The van der Waals surface area contributed by atoms with Crippen LogP contribution in [0.3, 0.4) is 0 Å². The minimum Gasteiger partial charge on any atom is -0.492 e. The van der Waals surface area contributed by atoms with Gasteiger partial charge in [-0.05, 0) is 54.7 Å². The summed E-state index contributed by atoms with van der Waals surface area (Å²) in [6.07, 6.45) is 0.983. The number of cyclic esters (lactones) is 1. The number of rotatable bonds is 10. The van der Waals surface area contributed by atoms with Crippen molar-refractivity contribution >= 4 is 28.7 Å². The highest BCUT2D eigenvalue weighted by atomic mass is 16.6. The molecule has 2 aromatic carbocycles. The van der Waals surface area contributed by atoms with E-state index in [1.165, 1.54) is 0 Å². The molecule has 0 aliphatic carbocycles. The first-order valence-electron chi connectivity index (χ1n) is 15.7. The second kappa shape index (κ2) is 12.7. The third kappa shape index (κ3) is 5.58. The molecule has 2 aromatic heterocycles. The maximum absolute atomic E-state index is 13.6. The van der Waals surface area contributed by atoms with Crippen molar-refractivity contribution in [3.05, 3.63) is 92.8 Å². The molecule has 4 heterocycles. The number of fused-ring (bicyclic) bond motifs is 5. The van der Waals surface area contributed by atoms with E-state index in [0.29, 0.717) is 29.1 Å². The number of ether oxygens (including phenoxy) is 2. The minimum atomic E-state index is -1.90. The summed E-state index contributed by atoms with van der Waals surface area (Å²) >= 11 is 0. The molecule has 2 aliphatic heterocycles. The van der Waals surface area contributed by atoms with Crippen LogP contribution in [0.2, 0.25) is 0 Å². The van der Waals surface area contributed by atoms with Crippen molar-refractivity contribution in [2.75, 3.05) is 19.7 Å². The zero-order valence-corrected chi connectivity index (χ0v) is 26.3. The fourth-order valence-electron chi connectivity index (χ4n) is 6.51. The molecule has 5 N–H and O–H groups in total. The van der Waals surface area contributed by atoms with Crippen LogP contribution >= 0.6 is 0 Å². The summed E-state index contributed by atoms with van der Waals surface area (Å²) < 4.78 is 12.8. The molecule has 12 nitrogen and oxygen atoms in total. The van der Waals surface area contributed by atoms with E-state index in [1.807, 2.05) is 49.4 Å². The number of pyridine rings is 2. The summed E-state index contributed by atoms with van der Waals surface area (Å²) in [6, 6.07) is 15.5. The van der Waals surface area contributed by atoms with E-state index in [1.54, 1.807) is 23.6 Å². The van der Waals surface area contributed by atoms with Crippen molar-refractivity contribution in [2.24, 2.45) is 11.5 Å². The quantitative estimate of drug-likeness (QED) is 0.191. The zero-order valence-electron chi connectivity index (χ0n) is 26.3. The smallest absolute Gasteiger partial charge is 0.343 e. The second-order valence-corrected chi connectivity index (χ2v) is 11.8. The number of hydrogen-bond donors (Lipinski definition) is 3. The molecule has 6 rings (SSSR count). The molecule has 0 radical (unpaired) electrons. The highest BCUT2D eigenvalue weighted by Gasteiger charge is 2.45. The average Bonchev–Trinajstić information content (AvgIpc) is 3.45. The first-order valence-corrected chi connectivity index (χ1v) is 15.7. The van der Waals surface area contributed by atoms with Gasteiger partial charge in [0, 0.05) is 16.5 Å². The summed E-state index contributed by atoms with van der Waals surface area (Å²) in [5.41, 5.74) is 14.7. The molecule has 4 aromatic rings. The minimum absolute atomic E-state index is 0.0222. The molecule has 2 aliphatic rings. The lowest BCUT2D eigenvalue weighted by Crippen LogP contribution is -2.50. The van der Waals surface area contributed by atoms with Crippen molar-refractivity contribution in [1.29, 1.82) is 0 Å². The molecule has 0 unspecified atom stereocenters. The Morgan fingerprint density at radius 2 is 1.89 bits per heavy atom. The maximum atomic E-state index is 13.6. The number of nitrogens with zero attached hydrogens (tertiary/aromatic N) is 3. The van der Waals surface area contributed by atoms with Crippen molar-refractivity contribution in [3.63, 3.8) is 0 Å². The highest BCUT2D eigenvalue weighted by molar-refractivity contribution is 5.98. The van der Waals surface area contributed by atoms with E-state index in [9.17, 15) is 24.3 Å². The van der Waals surface area contributed by atoms with Crippen LogP contribution in [0.1, 0.15) is 48.1 Å². The van der Waals surface area contributed by atoms with Gasteiger partial charge >= 0.3 is 5.97 Å². The van der Waals surface area contributed by atoms with Gasteiger partial charge in [0.2, 0.25) is 11.8 Å². The van der Waals surface area contributed by atoms with Gasteiger partial charge in [-0.15, -0.1) is 0 Å². The van der Waals surface area contributed by atoms with Crippen LogP contribution in [0.5, 0.6) is 5.75 Å². The number of imide groups is 1. The van der Waals surface area contributed by atoms with Crippen LogP contribution in [-0.4, -0.2) is 63.1 Å². The number of benzene rings is 2. The number of aryl methyl sites for hydroxylation is 1. The van der Waals surface area contributed by atoms with E-state index >= 15 is 0 Å². The van der Waals surface area contributed by atoms with E-state index in [0.717, 1.165) is 27.0 Å². The first-order chi connectivity index (χ1) is 22.6. The molecule has 0 spiro atoms. The Morgan fingerprint density at radius 3 is 2.60 bits per heavy atom. The van der Waals surface area contributed by atoms with E-state index < -0.39 is 29.4 Å². The van der Waals surface area contributed by atoms with E-state index in [4.69, 9.17) is 25.9 Å². The number of nitrogens with two attached hydrogens (primary N) is 2. The fraction of sp³-hybridized carbons (Fsp3) is 0.343. The van der Waals surface area contributed by atoms with Crippen molar-refractivity contribution in [2.45, 2.75) is 57.9 Å². The number of aromatic nitrogens is 2. The van der Waals surface area contributed by atoms with Crippen LogP contribution in [-0.2, 0) is 50.7 Å². The fourth-order valence-corrected chi connectivity index (χ4v) is 6.51. The summed E-state index contributed by atoms with van der Waals surface area (Å²) in [7, 11) is 0. The van der Waals surface area contributed by atoms with Crippen molar-refractivity contribution in [3.8, 4) is 17.1 Å². The van der Waals surface area contributed by atoms with Gasteiger partial charge in [-0.3, -0.25) is 19.3 Å². The van der Waals surface area contributed by atoms with Crippen molar-refractivity contribution in [1.82, 2.24) is 14.5 Å². The topological polar surface area (TPSA) is 180 Å². The Morgan fingerprint density at radius 1 is 1.13 bits per heavy atom. The molecule has 2 amide bonds. The molecule has 12 heteroatoms. The maximum Gasteiger partial charge on any atom is 0.343 e. The third-order valence-corrected chi connectivity index (χ3v) is 9.07. The Balaban J connectivity index is 1.25. The first kappa shape index (κ1) is 32.0. The third-order valence-electron chi connectivity index (χ3n) is 9.07. The normalized spacial score (nSPS) is 17.0.